The average molecular weight is 469 g/mol. The molecular formula is C23H25F2N7O2. The maximum atomic E-state index is 12.7. The van der Waals surface area contributed by atoms with Crippen LogP contribution in [0.15, 0.2) is 55.5 Å². The summed E-state index contributed by atoms with van der Waals surface area (Å²) in [5.74, 6) is 1.35. The number of halogens is 2. The van der Waals surface area contributed by atoms with E-state index in [0.29, 0.717) is 29.4 Å². The number of aromatic nitrogens is 4. The molecule has 0 bridgehead atoms. The van der Waals surface area contributed by atoms with Gasteiger partial charge in [-0.2, -0.15) is 10.1 Å². The first-order chi connectivity index (χ1) is 16.4. The molecule has 1 saturated heterocycles. The van der Waals surface area contributed by atoms with Gasteiger partial charge in [0.2, 0.25) is 5.95 Å². The summed E-state index contributed by atoms with van der Waals surface area (Å²) in [5.41, 5.74) is 1.66. The summed E-state index contributed by atoms with van der Waals surface area (Å²) >= 11 is 0. The molecule has 1 fully saturated rings. The van der Waals surface area contributed by atoms with Crippen molar-refractivity contribution in [2.24, 2.45) is 0 Å². The third-order valence-corrected chi connectivity index (χ3v) is 5.38. The molecule has 4 rings (SSSR count). The van der Waals surface area contributed by atoms with E-state index in [1.165, 1.54) is 17.3 Å². The molecule has 2 aromatic heterocycles. The molecule has 0 radical (unpaired) electrons. The predicted molar refractivity (Wildman–Crippen MR) is 124 cm³/mol. The topological polar surface area (TPSA) is 99.3 Å². The van der Waals surface area contributed by atoms with Gasteiger partial charge in [0.05, 0.1) is 24.8 Å². The van der Waals surface area contributed by atoms with Crippen LogP contribution in [0.4, 0.5) is 20.5 Å². The van der Waals surface area contributed by atoms with E-state index in [-0.39, 0.29) is 18.0 Å². The Morgan fingerprint density at radius 2 is 2.12 bits per heavy atom. The molecule has 0 aliphatic carbocycles. The fraction of sp³-hybridized carbons (Fsp3) is 0.304. The van der Waals surface area contributed by atoms with Gasteiger partial charge in [0.25, 0.3) is 12.3 Å². The number of anilines is 2. The van der Waals surface area contributed by atoms with Crippen molar-refractivity contribution in [1.29, 1.82) is 0 Å². The highest BCUT2D eigenvalue weighted by Gasteiger charge is 2.26. The number of ether oxygens (including phenoxy) is 1. The van der Waals surface area contributed by atoms with E-state index in [1.54, 1.807) is 19.3 Å². The Bertz CT molecular complexity index is 1120. The summed E-state index contributed by atoms with van der Waals surface area (Å²) in [6.45, 7) is 4.84. The minimum atomic E-state index is -2.46. The molecule has 1 atom stereocenters. The number of nitrogens with one attached hydrogen (secondary N) is 2. The maximum absolute atomic E-state index is 12.7. The number of alkyl halides is 2. The number of aromatic amines is 1. The van der Waals surface area contributed by atoms with Crippen LogP contribution in [0.2, 0.25) is 0 Å². The van der Waals surface area contributed by atoms with E-state index in [2.05, 4.69) is 32.1 Å². The number of hydrogen-bond donors (Lipinski definition) is 2. The van der Waals surface area contributed by atoms with Crippen molar-refractivity contribution in [2.75, 3.05) is 36.5 Å². The van der Waals surface area contributed by atoms with E-state index >= 15 is 0 Å². The average Bonchev–Trinajstić information content (AvgIpc) is 3.52. The fourth-order valence-corrected chi connectivity index (χ4v) is 3.60. The van der Waals surface area contributed by atoms with Crippen molar-refractivity contribution in [2.45, 2.75) is 19.0 Å². The molecule has 3 aromatic rings. The van der Waals surface area contributed by atoms with Gasteiger partial charge in [-0.25, -0.2) is 13.8 Å². The van der Waals surface area contributed by atoms with Gasteiger partial charge in [-0.3, -0.25) is 9.89 Å². The highest BCUT2D eigenvalue weighted by Crippen LogP contribution is 2.24. The Labute approximate surface area is 195 Å². The minimum absolute atomic E-state index is 0.0490. The summed E-state index contributed by atoms with van der Waals surface area (Å²) in [6.07, 6.45) is 2.81. The minimum Gasteiger partial charge on any atom is -0.489 e. The van der Waals surface area contributed by atoms with E-state index in [9.17, 15) is 13.6 Å². The Hall–Kier alpha value is -4.02. The number of hydrogen-bond acceptors (Lipinski definition) is 7. The number of carbonyl (C=O) groups is 1. The molecule has 178 valence electrons. The SMILES string of the molecule is C=C(NC(=O)c1cn[nH]c1)c1ccc(O[C@@H]2CCN(c3ccnc(N(C)CC(F)F)n3)C2)cc1. The normalized spacial score (nSPS) is 15.4. The van der Waals surface area contributed by atoms with Crippen molar-refractivity contribution in [3.05, 3.63) is 66.6 Å². The van der Waals surface area contributed by atoms with Crippen molar-refractivity contribution >= 4 is 23.4 Å². The first kappa shape index (κ1) is 23.1. The lowest BCUT2D eigenvalue weighted by atomic mass is 10.1. The lowest BCUT2D eigenvalue weighted by molar-refractivity contribution is 0.0974. The van der Waals surface area contributed by atoms with Gasteiger partial charge in [-0.05, 0) is 35.9 Å². The third-order valence-electron chi connectivity index (χ3n) is 5.38. The summed E-state index contributed by atoms with van der Waals surface area (Å²) < 4.78 is 31.4. The predicted octanol–water partition coefficient (Wildman–Crippen LogP) is 2.96. The van der Waals surface area contributed by atoms with Crippen LogP contribution in [0.25, 0.3) is 5.70 Å². The second kappa shape index (κ2) is 10.3. The molecule has 1 aliphatic heterocycles. The quantitative estimate of drug-likeness (QED) is 0.497. The highest BCUT2D eigenvalue weighted by molar-refractivity contribution is 5.98. The number of nitrogens with zero attached hydrogens (tertiary/aromatic N) is 5. The maximum Gasteiger partial charge on any atom is 0.258 e. The standard InChI is InChI=1S/C23H25F2N7O2/c1-15(29-22(33)17-11-27-28-12-17)16-3-5-18(6-4-16)34-19-8-10-32(13-19)21-7-9-26-23(30-21)31(2)14-20(24)25/h3-7,9,11-12,19-20H,1,8,10,13-14H2,2H3,(H,27,28)(H,29,33)/t19-/m1/s1. The fourth-order valence-electron chi connectivity index (χ4n) is 3.60. The zero-order valence-corrected chi connectivity index (χ0v) is 18.6. The lowest BCUT2D eigenvalue weighted by Crippen LogP contribution is -2.28. The molecule has 1 aromatic carbocycles. The monoisotopic (exact) mass is 469 g/mol. The summed E-state index contributed by atoms with van der Waals surface area (Å²) in [4.78, 5) is 24.0. The van der Waals surface area contributed by atoms with Crippen LogP contribution in [0.3, 0.4) is 0 Å². The van der Waals surface area contributed by atoms with Crippen LogP contribution in [0, 0.1) is 0 Å². The van der Waals surface area contributed by atoms with Gasteiger partial charge in [-0.1, -0.05) is 6.58 Å². The first-order valence-corrected chi connectivity index (χ1v) is 10.7. The van der Waals surface area contributed by atoms with Crippen molar-refractivity contribution in [3.63, 3.8) is 0 Å². The van der Waals surface area contributed by atoms with E-state index in [0.717, 1.165) is 18.5 Å². The molecule has 0 unspecified atom stereocenters. The molecule has 2 N–H and O–H groups in total. The number of rotatable bonds is 9. The summed E-state index contributed by atoms with van der Waals surface area (Å²) in [7, 11) is 1.54. The second-order valence-corrected chi connectivity index (χ2v) is 7.91. The Balaban J connectivity index is 1.31. The molecule has 9 nitrogen and oxygen atoms in total. The molecule has 11 heteroatoms. The largest absolute Gasteiger partial charge is 0.489 e. The van der Waals surface area contributed by atoms with Crippen LogP contribution in [0.1, 0.15) is 22.3 Å². The number of amides is 1. The molecule has 3 heterocycles. The molecule has 1 amide bonds. The van der Waals surface area contributed by atoms with Gasteiger partial charge < -0.3 is 19.9 Å². The van der Waals surface area contributed by atoms with Gasteiger partial charge in [0.15, 0.2) is 0 Å². The number of H-pyrrole nitrogens is 1. The van der Waals surface area contributed by atoms with Crippen LogP contribution in [-0.2, 0) is 0 Å². The highest BCUT2D eigenvalue weighted by atomic mass is 19.3. The number of carbonyl (C=O) groups excluding carboxylic acids is 1. The zero-order chi connectivity index (χ0) is 24.1. The third kappa shape index (κ3) is 5.66. The first-order valence-electron chi connectivity index (χ1n) is 10.7. The molecular weight excluding hydrogens is 444 g/mol. The molecule has 0 saturated carbocycles. The van der Waals surface area contributed by atoms with Crippen molar-refractivity contribution in [1.82, 2.24) is 25.5 Å². The number of benzene rings is 1. The van der Waals surface area contributed by atoms with Gasteiger partial charge in [0, 0.05) is 38.1 Å². The van der Waals surface area contributed by atoms with Crippen LogP contribution >= 0.6 is 0 Å². The Morgan fingerprint density at radius 3 is 2.82 bits per heavy atom. The van der Waals surface area contributed by atoms with Crippen LogP contribution < -0.4 is 19.9 Å². The van der Waals surface area contributed by atoms with Crippen LogP contribution in [0.5, 0.6) is 5.75 Å². The second-order valence-electron chi connectivity index (χ2n) is 7.91. The van der Waals surface area contributed by atoms with Crippen molar-refractivity contribution < 1.29 is 18.3 Å². The molecule has 34 heavy (non-hydrogen) atoms. The zero-order valence-electron chi connectivity index (χ0n) is 18.6. The van der Waals surface area contributed by atoms with Crippen molar-refractivity contribution in [3.8, 4) is 5.75 Å². The van der Waals surface area contributed by atoms with E-state index in [4.69, 9.17) is 4.74 Å². The lowest BCUT2D eigenvalue weighted by Gasteiger charge is -2.21. The van der Waals surface area contributed by atoms with Gasteiger partial charge in [-0.15, -0.1) is 0 Å². The Morgan fingerprint density at radius 1 is 1.32 bits per heavy atom. The molecule has 1 aliphatic rings. The Kier molecular flexibility index (Phi) is 7.00. The smallest absolute Gasteiger partial charge is 0.258 e. The van der Waals surface area contributed by atoms with E-state index in [1.807, 2.05) is 29.2 Å². The van der Waals surface area contributed by atoms with E-state index < -0.39 is 13.0 Å². The summed E-state index contributed by atoms with van der Waals surface area (Å²) in [5, 5.41) is 9.09. The summed E-state index contributed by atoms with van der Waals surface area (Å²) in [6, 6.07) is 9.08. The van der Waals surface area contributed by atoms with Gasteiger partial charge >= 0.3 is 0 Å². The van der Waals surface area contributed by atoms with Crippen LogP contribution in [-0.4, -0.2) is 65.3 Å². The molecule has 0 spiro atoms. The van der Waals surface area contributed by atoms with Gasteiger partial charge in [0.1, 0.15) is 17.7 Å².